The Bertz CT molecular complexity index is 1800. The van der Waals surface area contributed by atoms with Crippen molar-refractivity contribution in [3.8, 4) is 11.5 Å². The first-order valence-electron chi connectivity index (χ1n) is 14.9. The molecule has 0 aliphatic carbocycles. The molecule has 3 amide bonds. The van der Waals surface area contributed by atoms with Gasteiger partial charge < -0.3 is 25.0 Å². The largest absolute Gasteiger partial charge is 0.454 e. The molecule has 0 spiro atoms. The van der Waals surface area contributed by atoms with Gasteiger partial charge >= 0.3 is 6.18 Å². The fourth-order valence-corrected chi connectivity index (χ4v) is 6.35. The highest BCUT2D eigenvalue weighted by Gasteiger charge is 2.44. The van der Waals surface area contributed by atoms with Crippen molar-refractivity contribution < 1.29 is 37.0 Å². The number of rotatable bonds is 7. The maximum atomic E-state index is 14.6. The zero-order chi connectivity index (χ0) is 32.6. The number of amides is 3. The minimum absolute atomic E-state index is 0.00834. The van der Waals surface area contributed by atoms with Crippen LogP contribution in [0.15, 0.2) is 84.9 Å². The van der Waals surface area contributed by atoms with Gasteiger partial charge in [0.25, 0.3) is 5.91 Å². The van der Waals surface area contributed by atoms with E-state index >= 15 is 0 Å². The van der Waals surface area contributed by atoms with Crippen molar-refractivity contribution in [2.45, 2.75) is 50.5 Å². The summed E-state index contributed by atoms with van der Waals surface area (Å²) in [6.07, 6.45) is -4.45. The van der Waals surface area contributed by atoms with E-state index in [1.807, 2.05) is 42.5 Å². The highest BCUT2D eigenvalue weighted by molar-refractivity contribution is 5.94. The summed E-state index contributed by atoms with van der Waals surface area (Å²) in [6, 6.07) is 19.6. The summed E-state index contributed by atoms with van der Waals surface area (Å²) < 4.78 is 52.4. The molecule has 8 nitrogen and oxygen atoms in total. The minimum Gasteiger partial charge on any atom is -0.454 e. The SMILES string of the molecule is C[C@@H]1CCN([C@H](Cc2cccc3ccccc23)C(N)=O)C(=O)[C@H](c2cccc(C(F)(F)F)c2)N1C(=O)Cc1ccc2c(c1)OCO2. The number of nitrogens with zero attached hydrogens (tertiary/aromatic N) is 2. The molecular formula is C35H32F3N3O5. The number of hydrogen-bond donors (Lipinski definition) is 1. The number of benzene rings is 4. The van der Waals surface area contributed by atoms with E-state index < -0.39 is 47.6 Å². The average Bonchev–Trinajstić information content (AvgIpc) is 3.45. The summed E-state index contributed by atoms with van der Waals surface area (Å²) in [7, 11) is 0. The van der Waals surface area contributed by atoms with Crippen LogP contribution in [0.4, 0.5) is 13.2 Å². The second kappa shape index (κ2) is 12.4. The molecule has 0 radical (unpaired) electrons. The van der Waals surface area contributed by atoms with Gasteiger partial charge in [0.05, 0.1) is 12.0 Å². The average molecular weight is 632 g/mol. The zero-order valence-corrected chi connectivity index (χ0v) is 25.0. The Balaban J connectivity index is 1.40. The summed E-state index contributed by atoms with van der Waals surface area (Å²) in [5, 5.41) is 1.84. The van der Waals surface area contributed by atoms with Crippen LogP contribution in [0, 0.1) is 0 Å². The van der Waals surface area contributed by atoms with E-state index in [0.29, 0.717) is 17.1 Å². The van der Waals surface area contributed by atoms with Gasteiger partial charge in [-0.05, 0) is 65.1 Å². The number of carbonyl (C=O) groups is 3. The molecule has 11 heteroatoms. The third-order valence-corrected chi connectivity index (χ3v) is 8.67. The topological polar surface area (TPSA) is 102 Å². The van der Waals surface area contributed by atoms with Crippen LogP contribution in [-0.4, -0.2) is 52.9 Å². The quantitative estimate of drug-likeness (QED) is 0.294. The van der Waals surface area contributed by atoms with E-state index in [0.717, 1.165) is 28.5 Å². The molecule has 4 aromatic rings. The lowest BCUT2D eigenvalue weighted by atomic mass is 9.96. The van der Waals surface area contributed by atoms with Crippen molar-refractivity contribution in [3.05, 3.63) is 107 Å². The van der Waals surface area contributed by atoms with Crippen LogP contribution in [0.25, 0.3) is 10.8 Å². The lowest BCUT2D eigenvalue weighted by molar-refractivity contribution is -0.148. The fraction of sp³-hybridized carbons (Fsp3) is 0.286. The lowest BCUT2D eigenvalue weighted by Crippen LogP contribution is -2.52. The Hall–Kier alpha value is -5.06. The van der Waals surface area contributed by atoms with Crippen molar-refractivity contribution in [3.63, 3.8) is 0 Å². The van der Waals surface area contributed by atoms with Crippen molar-refractivity contribution in [2.24, 2.45) is 5.73 Å². The summed E-state index contributed by atoms with van der Waals surface area (Å²) >= 11 is 0. The smallest absolute Gasteiger partial charge is 0.416 e. The van der Waals surface area contributed by atoms with E-state index in [2.05, 4.69) is 0 Å². The van der Waals surface area contributed by atoms with Gasteiger partial charge in [-0.3, -0.25) is 14.4 Å². The molecule has 4 aromatic carbocycles. The van der Waals surface area contributed by atoms with E-state index in [1.54, 1.807) is 25.1 Å². The van der Waals surface area contributed by atoms with Gasteiger partial charge in [0, 0.05) is 19.0 Å². The van der Waals surface area contributed by atoms with Crippen LogP contribution in [-0.2, 0) is 33.4 Å². The summed E-state index contributed by atoms with van der Waals surface area (Å²) in [6.45, 7) is 1.87. The number of halogens is 3. The van der Waals surface area contributed by atoms with Crippen LogP contribution in [0.5, 0.6) is 11.5 Å². The van der Waals surface area contributed by atoms with Crippen LogP contribution in [0.1, 0.15) is 41.6 Å². The molecule has 2 N–H and O–H groups in total. The van der Waals surface area contributed by atoms with Gasteiger partial charge in [-0.1, -0.05) is 60.7 Å². The van der Waals surface area contributed by atoms with E-state index in [-0.39, 0.29) is 38.2 Å². The molecule has 238 valence electrons. The number of primary amides is 1. The Morgan fingerprint density at radius 1 is 0.957 bits per heavy atom. The predicted molar refractivity (Wildman–Crippen MR) is 164 cm³/mol. The molecule has 2 aliphatic heterocycles. The minimum atomic E-state index is -4.68. The van der Waals surface area contributed by atoms with Crippen molar-refractivity contribution in [1.29, 1.82) is 0 Å². The summed E-state index contributed by atoms with van der Waals surface area (Å²) in [4.78, 5) is 44.4. The maximum Gasteiger partial charge on any atom is 0.416 e. The van der Waals surface area contributed by atoms with E-state index in [4.69, 9.17) is 15.2 Å². The molecule has 3 atom stereocenters. The molecule has 1 saturated heterocycles. The Morgan fingerprint density at radius 3 is 2.48 bits per heavy atom. The van der Waals surface area contributed by atoms with E-state index in [1.165, 1.54) is 21.9 Å². The van der Waals surface area contributed by atoms with Crippen LogP contribution < -0.4 is 15.2 Å². The van der Waals surface area contributed by atoms with Gasteiger partial charge in [-0.25, -0.2) is 0 Å². The standard InChI is InChI=1S/C35H32F3N3O5/c1-21-14-15-40(28(33(39)43)19-24-8-4-7-23-6-2-3-11-27(23)24)34(44)32(25-9-5-10-26(18-25)35(36,37)38)41(21)31(42)17-22-12-13-29-30(16-22)46-20-45-29/h2-13,16,18,21,28,32H,14-15,17,19-20H2,1H3,(H2,39,43)/t21-,28-,32+/m1/s1. The molecule has 2 heterocycles. The van der Waals surface area contributed by atoms with Crippen LogP contribution in [0.2, 0.25) is 0 Å². The molecule has 0 unspecified atom stereocenters. The number of hydrogen-bond acceptors (Lipinski definition) is 5. The summed E-state index contributed by atoms with van der Waals surface area (Å²) in [5.41, 5.74) is 6.35. The molecule has 2 aliphatic rings. The molecule has 46 heavy (non-hydrogen) atoms. The third-order valence-electron chi connectivity index (χ3n) is 8.67. The van der Waals surface area contributed by atoms with E-state index in [9.17, 15) is 27.6 Å². The van der Waals surface area contributed by atoms with Gasteiger partial charge in [0.15, 0.2) is 11.5 Å². The Kier molecular flexibility index (Phi) is 8.33. The number of carbonyl (C=O) groups excluding carboxylic acids is 3. The molecule has 0 aromatic heterocycles. The van der Waals surface area contributed by atoms with Gasteiger partial charge in [0.1, 0.15) is 12.1 Å². The zero-order valence-electron chi connectivity index (χ0n) is 25.0. The van der Waals surface area contributed by atoms with Gasteiger partial charge in [0.2, 0.25) is 18.6 Å². The monoisotopic (exact) mass is 631 g/mol. The van der Waals surface area contributed by atoms with Crippen molar-refractivity contribution >= 4 is 28.5 Å². The second-order valence-electron chi connectivity index (χ2n) is 11.6. The highest BCUT2D eigenvalue weighted by atomic mass is 19.4. The number of nitrogens with two attached hydrogens (primary N) is 1. The Morgan fingerprint density at radius 2 is 1.70 bits per heavy atom. The number of ether oxygens (including phenoxy) is 2. The highest BCUT2D eigenvalue weighted by Crippen LogP contribution is 2.37. The van der Waals surface area contributed by atoms with Crippen molar-refractivity contribution in [1.82, 2.24) is 9.80 Å². The first-order chi connectivity index (χ1) is 22.0. The summed E-state index contributed by atoms with van der Waals surface area (Å²) in [5.74, 6) is -0.878. The lowest BCUT2D eigenvalue weighted by Gasteiger charge is -2.36. The molecule has 1 fully saturated rings. The van der Waals surface area contributed by atoms with Gasteiger partial charge in [-0.2, -0.15) is 13.2 Å². The maximum absolute atomic E-state index is 14.6. The first kappa shape index (κ1) is 30.9. The normalized spacial score (nSPS) is 18.8. The molecule has 0 bridgehead atoms. The first-order valence-corrected chi connectivity index (χ1v) is 14.9. The fourth-order valence-electron chi connectivity index (χ4n) is 6.35. The molecular weight excluding hydrogens is 599 g/mol. The predicted octanol–water partition coefficient (Wildman–Crippen LogP) is 5.42. The number of fused-ring (bicyclic) bond motifs is 2. The number of alkyl halides is 3. The third kappa shape index (κ3) is 6.09. The molecule has 0 saturated carbocycles. The second-order valence-corrected chi connectivity index (χ2v) is 11.6. The molecule has 6 rings (SSSR count). The van der Waals surface area contributed by atoms with Crippen LogP contribution in [0.3, 0.4) is 0 Å². The van der Waals surface area contributed by atoms with Gasteiger partial charge in [-0.15, -0.1) is 0 Å². The van der Waals surface area contributed by atoms with Crippen molar-refractivity contribution in [2.75, 3.05) is 13.3 Å². The van der Waals surface area contributed by atoms with Crippen LogP contribution >= 0.6 is 0 Å². The Labute approximate surface area is 263 Å².